The monoisotopic (exact) mass is 450 g/mol. The van der Waals surface area contributed by atoms with Crippen LogP contribution >= 0.6 is 0 Å². The van der Waals surface area contributed by atoms with Crippen molar-refractivity contribution in [2.75, 3.05) is 13.7 Å². The van der Waals surface area contributed by atoms with Crippen LogP contribution in [0.15, 0.2) is 0 Å². The van der Waals surface area contributed by atoms with Crippen LogP contribution in [-0.4, -0.2) is 52.8 Å². The van der Waals surface area contributed by atoms with Crippen molar-refractivity contribution in [3.05, 3.63) is 0 Å². The van der Waals surface area contributed by atoms with E-state index in [9.17, 15) is 9.59 Å². The van der Waals surface area contributed by atoms with Crippen molar-refractivity contribution in [3.63, 3.8) is 0 Å². The molecule has 1 saturated carbocycles. The molecule has 3 fully saturated rings. The first-order valence-corrected chi connectivity index (χ1v) is 12.9. The summed E-state index contributed by atoms with van der Waals surface area (Å²) in [5.74, 6) is -0.191. The van der Waals surface area contributed by atoms with E-state index < -0.39 is 11.3 Å². The zero-order valence-electron chi connectivity index (χ0n) is 21.2. The molecule has 2 saturated heterocycles. The van der Waals surface area contributed by atoms with Crippen molar-refractivity contribution in [3.8, 4) is 0 Å². The topological polar surface area (TPSA) is 67.9 Å². The molecule has 0 unspecified atom stereocenters. The highest BCUT2D eigenvalue weighted by Gasteiger charge is 2.64. The van der Waals surface area contributed by atoms with E-state index in [1.54, 1.807) is 0 Å². The molecule has 0 bridgehead atoms. The molecule has 6 heteroatoms. The second-order valence-corrected chi connectivity index (χ2v) is 11.8. The number of nitrogens with one attached hydrogen (secondary N) is 1. The van der Waals surface area contributed by atoms with Gasteiger partial charge in [-0.1, -0.05) is 44.9 Å². The van der Waals surface area contributed by atoms with Crippen LogP contribution in [0, 0.1) is 0 Å². The van der Waals surface area contributed by atoms with Crippen LogP contribution in [-0.2, 0) is 19.1 Å². The molecule has 0 atom stereocenters. The number of hydrogen-bond donors (Lipinski definition) is 1. The van der Waals surface area contributed by atoms with Gasteiger partial charge in [-0.05, 0) is 53.4 Å². The molecule has 1 N–H and O–H groups in total. The summed E-state index contributed by atoms with van der Waals surface area (Å²) in [6.45, 7) is 9.03. The molecule has 1 aliphatic carbocycles. The third-order valence-corrected chi connectivity index (χ3v) is 7.55. The summed E-state index contributed by atoms with van der Waals surface area (Å²) in [5.41, 5.74) is -1.84. The number of piperidine rings is 1. The Labute approximate surface area is 195 Å². The van der Waals surface area contributed by atoms with Gasteiger partial charge in [0, 0.05) is 30.5 Å². The lowest BCUT2D eigenvalue weighted by Crippen LogP contribution is -2.65. The van der Waals surface area contributed by atoms with Gasteiger partial charge in [-0.15, -0.1) is 0 Å². The van der Waals surface area contributed by atoms with Crippen LogP contribution in [0.2, 0.25) is 0 Å². The quantitative estimate of drug-likeness (QED) is 0.607. The minimum Gasteiger partial charge on any atom is -0.469 e. The Morgan fingerprint density at radius 3 is 1.84 bits per heavy atom. The Hall–Kier alpha value is -1.14. The highest BCUT2D eigenvalue weighted by Crippen LogP contribution is 2.50. The predicted octanol–water partition coefficient (Wildman–Crippen LogP) is 5.09. The van der Waals surface area contributed by atoms with Gasteiger partial charge in [0.1, 0.15) is 5.72 Å². The maximum Gasteiger partial charge on any atom is 0.307 e. The Morgan fingerprint density at radius 1 is 0.906 bits per heavy atom. The molecule has 0 aromatic heterocycles. The Kier molecular flexibility index (Phi) is 7.97. The lowest BCUT2D eigenvalue weighted by Gasteiger charge is -2.50. The maximum absolute atomic E-state index is 14.1. The summed E-state index contributed by atoms with van der Waals surface area (Å²) in [6, 6.07) is 0. The van der Waals surface area contributed by atoms with Gasteiger partial charge >= 0.3 is 5.97 Å². The van der Waals surface area contributed by atoms with Crippen molar-refractivity contribution in [2.24, 2.45) is 0 Å². The number of carbonyl (C=O) groups excluding carboxylic acids is 2. The second-order valence-electron chi connectivity index (χ2n) is 11.8. The Bertz CT molecular complexity index is 645. The normalized spacial score (nSPS) is 27.7. The molecule has 6 nitrogen and oxygen atoms in total. The van der Waals surface area contributed by atoms with Crippen molar-refractivity contribution in [2.45, 2.75) is 140 Å². The molecule has 0 radical (unpaired) electrons. The average molecular weight is 451 g/mol. The number of hydrogen-bond acceptors (Lipinski definition) is 5. The number of nitrogens with zero attached hydrogens (tertiary/aromatic N) is 1. The van der Waals surface area contributed by atoms with E-state index >= 15 is 0 Å². The molecule has 2 aliphatic heterocycles. The SMILES string of the molecule is COC(=O)CCN1C(=O)C2(CC(C)(C)NC(C)(C)C2)OC12CCCCCCCCCCC2. The van der Waals surface area contributed by atoms with Crippen molar-refractivity contribution in [1.82, 2.24) is 10.2 Å². The predicted molar refractivity (Wildman–Crippen MR) is 126 cm³/mol. The smallest absolute Gasteiger partial charge is 0.307 e. The number of amides is 1. The molecule has 2 spiro atoms. The first kappa shape index (κ1) is 25.5. The molecular formula is C26H46N2O4. The van der Waals surface area contributed by atoms with Crippen LogP contribution in [0.5, 0.6) is 0 Å². The van der Waals surface area contributed by atoms with Gasteiger partial charge < -0.3 is 19.7 Å². The summed E-state index contributed by atoms with van der Waals surface area (Å²) >= 11 is 0. The first-order valence-electron chi connectivity index (χ1n) is 12.9. The van der Waals surface area contributed by atoms with Crippen molar-refractivity contribution >= 4 is 11.9 Å². The minimum atomic E-state index is -0.828. The molecule has 0 aromatic carbocycles. The number of rotatable bonds is 3. The highest BCUT2D eigenvalue weighted by molar-refractivity contribution is 5.89. The fourth-order valence-electron chi connectivity index (χ4n) is 6.76. The standard InChI is InChI=1S/C26H46N2O4/c1-23(2)19-25(20-24(3,4)27-23)22(30)28(18-15-21(29)31-5)26(32-25)16-13-11-9-7-6-8-10-12-14-17-26/h27H,6-20H2,1-5H3. The molecule has 184 valence electrons. The molecule has 1 amide bonds. The van der Waals surface area contributed by atoms with Gasteiger partial charge in [0.25, 0.3) is 5.91 Å². The van der Waals surface area contributed by atoms with Crippen LogP contribution in [0.3, 0.4) is 0 Å². The van der Waals surface area contributed by atoms with E-state index in [2.05, 4.69) is 33.0 Å². The lowest BCUT2D eigenvalue weighted by atomic mass is 9.72. The number of esters is 1. The molecule has 2 heterocycles. The largest absolute Gasteiger partial charge is 0.469 e. The molecule has 0 aromatic rings. The summed E-state index contributed by atoms with van der Waals surface area (Å²) in [5, 5.41) is 3.70. The highest BCUT2D eigenvalue weighted by atomic mass is 16.6. The zero-order valence-corrected chi connectivity index (χ0v) is 21.2. The third kappa shape index (κ3) is 5.85. The third-order valence-electron chi connectivity index (χ3n) is 7.55. The molecule has 3 rings (SSSR count). The summed E-state index contributed by atoms with van der Waals surface area (Å²) in [7, 11) is 1.41. The minimum absolute atomic E-state index is 0.0798. The molecular weight excluding hydrogens is 404 g/mol. The van der Waals surface area contributed by atoms with E-state index in [0.29, 0.717) is 19.4 Å². The van der Waals surface area contributed by atoms with Crippen LogP contribution in [0.4, 0.5) is 0 Å². The molecule has 3 aliphatic rings. The number of methoxy groups -OCH3 is 1. The zero-order chi connectivity index (χ0) is 23.5. The summed E-state index contributed by atoms with van der Waals surface area (Å²) in [4.78, 5) is 28.1. The average Bonchev–Trinajstić information content (AvgIpc) is 2.87. The fraction of sp³-hybridized carbons (Fsp3) is 0.923. The van der Waals surface area contributed by atoms with Gasteiger partial charge in [-0.25, -0.2) is 0 Å². The van der Waals surface area contributed by atoms with E-state index in [0.717, 1.165) is 25.7 Å². The second kappa shape index (κ2) is 10.0. The van der Waals surface area contributed by atoms with Gasteiger partial charge in [0.15, 0.2) is 5.60 Å². The van der Waals surface area contributed by atoms with Gasteiger partial charge in [-0.3, -0.25) is 9.59 Å². The van der Waals surface area contributed by atoms with Gasteiger partial charge in [-0.2, -0.15) is 0 Å². The fourth-order valence-corrected chi connectivity index (χ4v) is 6.76. The number of carbonyl (C=O) groups is 2. The van der Waals surface area contributed by atoms with Crippen LogP contribution in [0.25, 0.3) is 0 Å². The molecule has 32 heavy (non-hydrogen) atoms. The van der Waals surface area contributed by atoms with E-state index in [-0.39, 0.29) is 29.4 Å². The Morgan fingerprint density at radius 2 is 1.38 bits per heavy atom. The maximum atomic E-state index is 14.1. The van der Waals surface area contributed by atoms with E-state index in [4.69, 9.17) is 9.47 Å². The van der Waals surface area contributed by atoms with E-state index in [1.807, 2.05) is 4.90 Å². The van der Waals surface area contributed by atoms with Crippen LogP contribution < -0.4 is 5.32 Å². The summed E-state index contributed by atoms with van der Waals surface area (Å²) < 4.78 is 12.0. The van der Waals surface area contributed by atoms with Crippen molar-refractivity contribution < 1.29 is 19.1 Å². The lowest BCUT2D eigenvalue weighted by molar-refractivity contribution is -0.177. The Balaban J connectivity index is 1.93. The van der Waals surface area contributed by atoms with Gasteiger partial charge in [0.05, 0.1) is 13.5 Å². The van der Waals surface area contributed by atoms with Crippen molar-refractivity contribution in [1.29, 1.82) is 0 Å². The van der Waals surface area contributed by atoms with E-state index in [1.165, 1.54) is 52.1 Å². The van der Waals surface area contributed by atoms with Crippen LogP contribution in [0.1, 0.15) is 118 Å². The first-order chi connectivity index (χ1) is 15.0. The summed E-state index contributed by atoms with van der Waals surface area (Å²) in [6.07, 6.45) is 14.2. The van der Waals surface area contributed by atoms with Gasteiger partial charge in [0.2, 0.25) is 0 Å². The number of ether oxygens (including phenoxy) is 2.